The molecule has 0 aliphatic rings. The van der Waals surface area contributed by atoms with Crippen LogP contribution in [-0.2, 0) is 17.8 Å². The maximum absolute atomic E-state index is 12.8. The summed E-state index contributed by atoms with van der Waals surface area (Å²) in [7, 11) is 0. The minimum atomic E-state index is 0.0853. The van der Waals surface area contributed by atoms with Gasteiger partial charge in [0.2, 0.25) is 11.8 Å². The fourth-order valence-corrected chi connectivity index (χ4v) is 3.09. The normalized spacial score (nSPS) is 11.0. The van der Waals surface area contributed by atoms with Crippen LogP contribution in [0.1, 0.15) is 37.3 Å². The van der Waals surface area contributed by atoms with Crippen molar-refractivity contribution >= 4 is 5.91 Å². The molecule has 0 fully saturated rings. The van der Waals surface area contributed by atoms with Gasteiger partial charge < -0.3 is 9.32 Å². The van der Waals surface area contributed by atoms with Crippen molar-refractivity contribution in [3.05, 3.63) is 77.9 Å². The average Bonchev–Trinajstić information content (AvgIpc) is 3.13. The number of oxazole rings is 1. The summed E-state index contributed by atoms with van der Waals surface area (Å²) in [5, 5.41) is 0. The van der Waals surface area contributed by atoms with E-state index in [1.54, 1.807) is 6.26 Å². The van der Waals surface area contributed by atoms with Gasteiger partial charge in [-0.3, -0.25) is 4.79 Å². The summed E-state index contributed by atoms with van der Waals surface area (Å²) in [6.07, 6.45) is 2.87. The predicted octanol–water partition coefficient (Wildman–Crippen LogP) is 5.02. The highest BCUT2D eigenvalue weighted by molar-refractivity contribution is 5.76. The van der Waals surface area contributed by atoms with E-state index in [1.165, 1.54) is 11.1 Å². The fraction of sp³-hybridized carbons (Fsp3) is 0.304. The molecule has 27 heavy (non-hydrogen) atoms. The van der Waals surface area contributed by atoms with Crippen molar-refractivity contribution in [2.24, 2.45) is 0 Å². The first-order chi connectivity index (χ1) is 13.0. The van der Waals surface area contributed by atoms with Crippen molar-refractivity contribution in [3.63, 3.8) is 0 Å². The lowest BCUT2D eigenvalue weighted by Gasteiger charge is -2.25. The Bertz CT molecular complexity index is 884. The maximum Gasteiger partial charge on any atom is 0.223 e. The minimum Gasteiger partial charge on any atom is -0.446 e. The summed E-state index contributed by atoms with van der Waals surface area (Å²) >= 11 is 0. The second kappa shape index (κ2) is 8.67. The molecule has 0 aliphatic heterocycles. The Morgan fingerprint density at radius 2 is 1.89 bits per heavy atom. The first-order valence-electron chi connectivity index (χ1n) is 9.38. The third kappa shape index (κ3) is 5.07. The lowest BCUT2D eigenvalue weighted by Crippen LogP contribution is -2.36. The molecule has 0 radical (unpaired) electrons. The number of benzene rings is 2. The van der Waals surface area contributed by atoms with Crippen molar-refractivity contribution in [1.29, 1.82) is 0 Å². The molecule has 1 amide bonds. The molecule has 3 rings (SSSR count). The lowest BCUT2D eigenvalue weighted by atomic mass is 10.1. The van der Waals surface area contributed by atoms with E-state index in [0.717, 1.165) is 17.7 Å². The minimum absolute atomic E-state index is 0.0853. The van der Waals surface area contributed by atoms with Crippen LogP contribution >= 0.6 is 0 Å². The number of carbonyl (C=O) groups is 1. The molecular formula is C23H26N2O2. The van der Waals surface area contributed by atoms with Crippen molar-refractivity contribution < 1.29 is 9.21 Å². The van der Waals surface area contributed by atoms with Gasteiger partial charge in [0.15, 0.2) is 0 Å². The van der Waals surface area contributed by atoms with E-state index in [1.807, 2.05) is 55.1 Å². The highest BCUT2D eigenvalue weighted by Gasteiger charge is 2.20. The zero-order valence-electron chi connectivity index (χ0n) is 16.2. The Morgan fingerprint density at radius 3 is 2.59 bits per heavy atom. The van der Waals surface area contributed by atoms with Gasteiger partial charge in [-0.1, -0.05) is 60.2 Å². The third-order valence-electron chi connectivity index (χ3n) is 4.58. The molecule has 1 heterocycles. The molecule has 140 valence electrons. The van der Waals surface area contributed by atoms with Crippen LogP contribution in [0, 0.1) is 6.92 Å². The van der Waals surface area contributed by atoms with Gasteiger partial charge in [0.1, 0.15) is 12.0 Å². The molecule has 0 bridgehead atoms. The number of carbonyl (C=O) groups excluding carboxylic acids is 1. The van der Waals surface area contributed by atoms with E-state index in [4.69, 9.17) is 4.42 Å². The Hall–Kier alpha value is -2.88. The monoisotopic (exact) mass is 362 g/mol. The predicted molar refractivity (Wildman–Crippen MR) is 107 cm³/mol. The van der Waals surface area contributed by atoms with Crippen molar-refractivity contribution in [2.45, 2.75) is 46.2 Å². The number of rotatable bonds is 7. The van der Waals surface area contributed by atoms with Gasteiger partial charge in [0, 0.05) is 18.0 Å². The van der Waals surface area contributed by atoms with Gasteiger partial charge in [-0.25, -0.2) is 4.98 Å². The zero-order chi connectivity index (χ0) is 19.2. The largest absolute Gasteiger partial charge is 0.446 e. The Morgan fingerprint density at radius 1 is 1.11 bits per heavy atom. The topological polar surface area (TPSA) is 46.3 Å². The van der Waals surface area contributed by atoms with E-state index in [0.29, 0.717) is 18.9 Å². The molecule has 0 spiro atoms. The first-order valence-corrected chi connectivity index (χ1v) is 9.38. The number of aryl methyl sites for hydroxylation is 2. The van der Waals surface area contributed by atoms with Crippen molar-refractivity contribution in [3.8, 4) is 11.3 Å². The van der Waals surface area contributed by atoms with Crippen LogP contribution in [0.3, 0.4) is 0 Å². The van der Waals surface area contributed by atoms with Crippen LogP contribution in [0.4, 0.5) is 0 Å². The summed E-state index contributed by atoms with van der Waals surface area (Å²) in [6.45, 7) is 6.49. The molecule has 4 heteroatoms. The van der Waals surface area contributed by atoms with Crippen LogP contribution in [0.15, 0.2) is 65.3 Å². The van der Waals surface area contributed by atoms with Crippen LogP contribution in [-0.4, -0.2) is 21.8 Å². The molecule has 4 nitrogen and oxygen atoms in total. The van der Waals surface area contributed by atoms with Gasteiger partial charge in [0.25, 0.3) is 0 Å². The molecule has 0 saturated heterocycles. The molecule has 0 aliphatic carbocycles. The summed E-state index contributed by atoms with van der Waals surface area (Å²) in [6, 6.07) is 18.3. The summed E-state index contributed by atoms with van der Waals surface area (Å²) in [5.74, 6) is 0.678. The maximum atomic E-state index is 12.8. The summed E-state index contributed by atoms with van der Waals surface area (Å²) < 4.78 is 5.62. The summed E-state index contributed by atoms with van der Waals surface area (Å²) in [5.41, 5.74) is 4.21. The Labute approximate surface area is 160 Å². The van der Waals surface area contributed by atoms with Gasteiger partial charge in [-0.2, -0.15) is 0 Å². The van der Waals surface area contributed by atoms with Gasteiger partial charge in [-0.05, 0) is 32.8 Å². The number of hydrogen-bond acceptors (Lipinski definition) is 3. The van der Waals surface area contributed by atoms with Crippen LogP contribution in [0.2, 0.25) is 0 Å². The summed E-state index contributed by atoms with van der Waals surface area (Å²) in [4.78, 5) is 19.2. The second-order valence-electron chi connectivity index (χ2n) is 7.10. The van der Waals surface area contributed by atoms with Gasteiger partial charge >= 0.3 is 0 Å². The van der Waals surface area contributed by atoms with E-state index in [-0.39, 0.29) is 11.9 Å². The standard InChI is InChI=1S/C23H26N2O2/c1-17(2)25(23(26)13-12-19-9-7-8-18(3)14-19)15-22-24-21(16-27-22)20-10-5-4-6-11-20/h4-11,14,16-17H,12-13,15H2,1-3H3. The molecule has 0 atom stereocenters. The lowest BCUT2D eigenvalue weighted by molar-refractivity contribution is -0.133. The molecule has 0 saturated carbocycles. The van der Waals surface area contributed by atoms with Gasteiger partial charge in [0.05, 0.1) is 6.54 Å². The Balaban J connectivity index is 1.65. The quantitative estimate of drug-likeness (QED) is 0.593. The first kappa shape index (κ1) is 18.9. The molecular weight excluding hydrogens is 336 g/mol. The SMILES string of the molecule is Cc1cccc(CCC(=O)N(Cc2nc(-c3ccccc3)co2)C(C)C)c1. The highest BCUT2D eigenvalue weighted by atomic mass is 16.3. The number of amides is 1. The molecule has 0 N–H and O–H groups in total. The van der Waals surface area contributed by atoms with E-state index < -0.39 is 0 Å². The molecule has 3 aromatic rings. The van der Waals surface area contributed by atoms with E-state index in [2.05, 4.69) is 30.1 Å². The molecule has 2 aromatic carbocycles. The Kier molecular flexibility index (Phi) is 6.07. The van der Waals surface area contributed by atoms with Crippen LogP contribution in [0.25, 0.3) is 11.3 Å². The molecule has 1 aromatic heterocycles. The van der Waals surface area contributed by atoms with E-state index in [9.17, 15) is 4.79 Å². The molecule has 0 unspecified atom stereocenters. The smallest absolute Gasteiger partial charge is 0.223 e. The van der Waals surface area contributed by atoms with Crippen LogP contribution < -0.4 is 0 Å². The fourth-order valence-electron chi connectivity index (χ4n) is 3.09. The van der Waals surface area contributed by atoms with Crippen LogP contribution in [0.5, 0.6) is 0 Å². The van der Waals surface area contributed by atoms with Gasteiger partial charge in [-0.15, -0.1) is 0 Å². The average molecular weight is 362 g/mol. The zero-order valence-corrected chi connectivity index (χ0v) is 16.2. The number of nitrogens with zero attached hydrogens (tertiary/aromatic N) is 2. The number of aromatic nitrogens is 1. The van der Waals surface area contributed by atoms with Crippen molar-refractivity contribution in [2.75, 3.05) is 0 Å². The third-order valence-corrected chi connectivity index (χ3v) is 4.58. The highest BCUT2D eigenvalue weighted by Crippen LogP contribution is 2.20. The second-order valence-corrected chi connectivity index (χ2v) is 7.10. The van der Waals surface area contributed by atoms with E-state index >= 15 is 0 Å². The van der Waals surface area contributed by atoms with Crippen molar-refractivity contribution in [1.82, 2.24) is 9.88 Å². The number of hydrogen-bond donors (Lipinski definition) is 0.